The first-order valence-corrected chi connectivity index (χ1v) is 8.91. The van der Waals surface area contributed by atoms with Gasteiger partial charge in [0.15, 0.2) is 0 Å². The fraction of sp³-hybridized carbons (Fsp3) is 0.143. The molecular weight excluding hydrogens is 365 g/mol. The van der Waals surface area contributed by atoms with E-state index in [-0.39, 0.29) is 10.9 Å². The Balaban J connectivity index is 1.85. The molecule has 1 aromatic heterocycles. The number of aromatic nitrogens is 1. The molecule has 0 aliphatic carbocycles. The Hall–Kier alpha value is -2.92. The number of halogens is 2. The molecule has 0 unspecified atom stereocenters. The number of aryl methyl sites for hydroxylation is 1. The first kappa shape index (κ1) is 18.9. The van der Waals surface area contributed by atoms with E-state index in [4.69, 9.17) is 11.6 Å². The van der Waals surface area contributed by atoms with Crippen molar-refractivity contribution in [3.63, 3.8) is 0 Å². The Kier molecular flexibility index (Phi) is 5.72. The van der Waals surface area contributed by atoms with E-state index in [9.17, 15) is 9.18 Å². The van der Waals surface area contributed by atoms with Gasteiger partial charge in [-0.25, -0.2) is 4.39 Å². The van der Waals surface area contributed by atoms with Crippen molar-refractivity contribution in [2.24, 2.45) is 0 Å². The largest absolute Gasteiger partial charge is 0.354 e. The first-order valence-electron chi connectivity index (χ1n) is 8.53. The van der Waals surface area contributed by atoms with E-state index in [1.165, 1.54) is 18.3 Å². The molecule has 0 fully saturated rings. The number of hydrogen-bond acceptors (Lipinski definition) is 3. The molecule has 3 rings (SSSR count). The maximum Gasteiger partial charge on any atom is 0.259 e. The molecule has 0 saturated carbocycles. The summed E-state index contributed by atoms with van der Waals surface area (Å²) < 4.78 is 13.3. The molecule has 0 saturated heterocycles. The second-order valence-corrected chi connectivity index (χ2v) is 6.51. The predicted octanol–water partition coefficient (Wildman–Crippen LogP) is 5.59. The molecule has 0 radical (unpaired) electrons. The third kappa shape index (κ3) is 4.44. The molecule has 0 aliphatic heterocycles. The number of amides is 1. The van der Waals surface area contributed by atoms with Crippen molar-refractivity contribution < 1.29 is 9.18 Å². The van der Waals surface area contributed by atoms with E-state index < -0.39 is 5.82 Å². The topological polar surface area (TPSA) is 45.2 Å². The molecule has 1 amide bonds. The van der Waals surface area contributed by atoms with Crippen LogP contribution in [-0.4, -0.2) is 17.4 Å². The Morgan fingerprint density at radius 1 is 1.15 bits per heavy atom. The highest BCUT2D eigenvalue weighted by Crippen LogP contribution is 2.24. The lowest BCUT2D eigenvalue weighted by Crippen LogP contribution is -2.30. The Bertz CT molecular complexity index is 977. The maximum atomic E-state index is 13.3. The van der Waals surface area contributed by atoms with Gasteiger partial charge in [0.1, 0.15) is 5.82 Å². The molecule has 0 spiro atoms. The average Bonchev–Trinajstić information content (AvgIpc) is 2.65. The molecule has 6 heteroatoms. The quantitative estimate of drug-likeness (QED) is 0.624. The summed E-state index contributed by atoms with van der Waals surface area (Å²) in [4.78, 5) is 18.8. The molecule has 4 nitrogen and oxygen atoms in total. The first-order chi connectivity index (χ1) is 13.0. The summed E-state index contributed by atoms with van der Waals surface area (Å²) in [5.74, 6) is -0.627. The van der Waals surface area contributed by atoms with Crippen LogP contribution < -0.4 is 10.2 Å². The molecule has 3 aromatic rings. The molecule has 27 heavy (non-hydrogen) atoms. The second-order valence-electron chi connectivity index (χ2n) is 6.10. The van der Waals surface area contributed by atoms with Gasteiger partial charge >= 0.3 is 0 Å². The van der Waals surface area contributed by atoms with Crippen LogP contribution in [0.2, 0.25) is 5.02 Å². The fourth-order valence-electron chi connectivity index (χ4n) is 2.76. The number of anilines is 3. The summed E-state index contributed by atoms with van der Waals surface area (Å²) in [7, 11) is 0. The van der Waals surface area contributed by atoms with Crippen LogP contribution in [-0.2, 0) is 0 Å². The van der Waals surface area contributed by atoms with Crippen molar-refractivity contribution in [1.29, 1.82) is 0 Å². The van der Waals surface area contributed by atoms with Crippen LogP contribution in [0.15, 0.2) is 60.9 Å². The van der Waals surface area contributed by atoms with E-state index in [0.29, 0.717) is 23.5 Å². The lowest BCUT2D eigenvalue weighted by atomic mass is 10.1. The van der Waals surface area contributed by atoms with Crippen molar-refractivity contribution in [3.8, 4) is 0 Å². The summed E-state index contributed by atoms with van der Waals surface area (Å²) in [5, 5.41) is 3.11. The maximum absolute atomic E-state index is 13.3. The van der Waals surface area contributed by atoms with Crippen LogP contribution in [0.25, 0.3) is 0 Å². The lowest BCUT2D eigenvalue weighted by molar-refractivity contribution is 0.0988. The molecule has 1 N–H and O–H groups in total. The monoisotopic (exact) mass is 383 g/mol. The average molecular weight is 384 g/mol. The minimum atomic E-state index is -0.485. The number of benzene rings is 2. The Morgan fingerprint density at radius 2 is 1.96 bits per heavy atom. The highest BCUT2D eigenvalue weighted by molar-refractivity contribution is 6.31. The molecule has 2 aromatic carbocycles. The number of pyridine rings is 1. The van der Waals surface area contributed by atoms with Gasteiger partial charge in [-0.05, 0) is 55.8 Å². The summed E-state index contributed by atoms with van der Waals surface area (Å²) >= 11 is 5.81. The zero-order chi connectivity index (χ0) is 19.4. The normalized spacial score (nSPS) is 10.5. The van der Waals surface area contributed by atoms with Gasteiger partial charge in [0.05, 0.1) is 22.5 Å². The van der Waals surface area contributed by atoms with Gasteiger partial charge < -0.3 is 10.2 Å². The number of carbonyl (C=O) groups excluding carboxylic acids is 1. The van der Waals surface area contributed by atoms with Crippen LogP contribution in [0.4, 0.5) is 21.5 Å². The van der Waals surface area contributed by atoms with E-state index >= 15 is 0 Å². The molecular formula is C21H19ClFN3O. The van der Waals surface area contributed by atoms with Gasteiger partial charge in [0, 0.05) is 24.1 Å². The minimum absolute atomic E-state index is 0.0248. The Labute approximate surface area is 162 Å². The van der Waals surface area contributed by atoms with Crippen molar-refractivity contribution in [2.75, 3.05) is 16.8 Å². The summed E-state index contributed by atoms with van der Waals surface area (Å²) in [5.41, 5.74) is 3.60. The third-order valence-electron chi connectivity index (χ3n) is 4.07. The van der Waals surface area contributed by atoms with Crippen LogP contribution in [0.3, 0.4) is 0 Å². The van der Waals surface area contributed by atoms with Crippen LogP contribution in [0.5, 0.6) is 0 Å². The molecule has 0 bridgehead atoms. The summed E-state index contributed by atoms with van der Waals surface area (Å²) in [6.07, 6.45) is 3.13. The van der Waals surface area contributed by atoms with Gasteiger partial charge in [0.2, 0.25) is 0 Å². The van der Waals surface area contributed by atoms with Crippen molar-refractivity contribution in [2.45, 2.75) is 13.8 Å². The summed E-state index contributed by atoms with van der Waals surface area (Å²) in [6, 6.07) is 13.8. The van der Waals surface area contributed by atoms with Crippen molar-refractivity contribution >= 4 is 34.6 Å². The van der Waals surface area contributed by atoms with Gasteiger partial charge in [-0.3, -0.25) is 9.78 Å². The lowest BCUT2D eigenvalue weighted by Gasteiger charge is -2.21. The number of carbonyl (C=O) groups is 1. The fourth-order valence-corrected chi connectivity index (χ4v) is 2.94. The highest BCUT2D eigenvalue weighted by atomic mass is 35.5. The molecule has 1 heterocycles. The Morgan fingerprint density at radius 3 is 2.67 bits per heavy atom. The molecule has 0 atom stereocenters. The zero-order valence-electron chi connectivity index (χ0n) is 15.0. The molecule has 0 aliphatic rings. The van der Waals surface area contributed by atoms with Crippen LogP contribution >= 0.6 is 11.6 Å². The van der Waals surface area contributed by atoms with Crippen LogP contribution in [0.1, 0.15) is 22.8 Å². The predicted molar refractivity (Wildman–Crippen MR) is 107 cm³/mol. The zero-order valence-corrected chi connectivity index (χ0v) is 15.8. The van der Waals surface area contributed by atoms with Crippen LogP contribution in [0, 0.1) is 12.7 Å². The van der Waals surface area contributed by atoms with Gasteiger partial charge in [-0.1, -0.05) is 23.7 Å². The van der Waals surface area contributed by atoms with Crippen molar-refractivity contribution in [3.05, 3.63) is 82.9 Å². The standard InChI is InChI=1S/C21H19ClFN3O/c1-3-26(18-6-4-5-14(2)9-18)21(27)15-10-17(13-24-12-15)25-16-7-8-20(23)19(22)11-16/h4-13,25H,3H2,1-2H3. The number of hydrogen-bond donors (Lipinski definition) is 1. The third-order valence-corrected chi connectivity index (χ3v) is 4.36. The smallest absolute Gasteiger partial charge is 0.259 e. The summed E-state index contributed by atoms with van der Waals surface area (Å²) in [6.45, 7) is 4.45. The van der Waals surface area contributed by atoms with Crippen molar-refractivity contribution in [1.82, 2.24) is 4.98 Å². The number of nitrogens with one attached hydrogen (secondary N) is 1. The van der Waals surface area contributed by atoms with E-state index in [1.54, 1.807) is 23.2 Å². The van der Waals surface area contributed by atoms with E-state index in [2.05, 4.69) is 10.3 Å². The number of nitrogens with zero attached hydrogens (tertiary/aromatic N) is 2. The van der Waals surface area contributed by atoms with E-state index in [1.807, 2.05) is 38.1 Å². The SMILES string of the molecule is CCN(C(=O)c1cncc(Nc2ccc(F)c(Cl)c2)c1)c1cccc(C)c1. The highest BCUT2D eigenvalue weighted by Gasteiger charge is 2.17. The molecule has 138 valence electrons. The van der Waals surface area contributed by atoms with Gasteiger partial charge in [-0.15, -0.1) is 0 Å². The minimum Gasteiger partial charge on any atom is -0.354 e. The van der Waals surface area contributed by atoms with Gasteiger partial charge in [-0.2, -0.15) is 0 Å². The van der Waals surface area contributed by atoms with E-state index in [0.717, 1.165) is 11.3 Å². The van der Waals surface area contributed by atoms with Gasteiger partial charge in [0.25, 0.3) is 5.91 Å². The second kappa shape index (κ2) is 8.18. The number of rotatable bonds is 5.